The second-order valence-corrected chi connectivity index (χ2v) is 7.94. The number of carbonyl (C=O) groups excluding carboxylic acids is 1. The summed E-state index contributed by atoms with van der Waals surface area (Å²) >= 11 is 0. The van der Waals surface area contributed by atoms with Gasteiger partial charge in [-0.05, 0) is 12.1 Å². The monoisotopic (exact) mass is 435 g/mol. The predicted molar refractivity (Wildman–Crippen MR) is 82.0 cm³/mol. The van der Waals surface area contributed by atoms with Crippen molar-refractivity contribution in [3.8, 4) is 0 Å². The number of sulfonamides is 1. The third-order valence-electron chi connectivity index (χ3n) is 4.12. The maximum atomic E-state index is 12.8. The Labute approximate surface area is 155 Å². The van der Waals surface area contributed by atoms with Crippen LogP contribution in [0.15, 0.2) is 29.2 Å². The van der Waals surface area contributed by atoms with Crippen molar-refractivity contribution < 1.29 is 49.4 Å². The molecular weight excluding hydrogens is 420 g/mol. The molecule has 6 nitrogen and oxygen atoms in total. The molecule has 1 aromatic rings. The number of hydrogen-bond donors (Lipinski definition) is 1. The third-order valence-corrected chi connectivity index (χ3v) is 6.01. The Morgan fingerprint density at radius 2 is 1.61 bits per heavy atom. The third kappa shape index (κ3) is 4.31. The van der Waals surface area contributed by atoms with Gasteiger partial charge in [0.15, 0.2) is 5.78 Å². The molecular formula is C15H15F6NO5S. The topological polar surface area (TPSA) is 83.9 Å². The normalized spacial score (nSPS) is 17.5. The minimum absolute atomic E-state index is 0.00239. The van der Waals surface area contributed by atoms with E-state index in [1.165, 1.54) is 0 Å². The van der Waals surface area contributed by atoms with Crippen molar-refractivity contribution in [1.29, 1.82) is 0 Å². The van der Waals surface area contributed by atoms with Gasteiger partial charge in [-0.1, -0.05) is 12.1 Å². The van der Waals surface area contributed by atoms with E-state index in [4.69, 9.17) is 9.84 Å². The zero-order valence-electron chi connectivity index (χ0n) is 14.0. The molecule has 0 saturated carbocycles. The van der Waals surface area contributed by atoms with Crippen molar-refractivity contribution in [3.05, 3.63) is 29.8 Å². The van der Waals surface area contributed by atoms with E-state index in [2.05, 4.69) is 0 Å². The standard InChI is InChI=1S/C15H15F6NO5S/c16-14(17,18)13(24,15(19,20)21)9-12(23)10-2-1-3-11(8-10)28(25,26)22-4-6-27-7-5-22/h1-3,8,24H,4-7,9H2. The highest BCUT2D eigenvalue weighted by molar-refractivity contribution is 7.89. The Balaban J connectivity index is 2.34. The Kier molecular flexibility index (Phi) is 6.14. The lowest BCUT2D eigenvalue weighted by atomic mass is 9.92. The van der Waals surface area contributed by atoms with Gasteiger partial charge in [-0.15, -0.1) is 0 Å². The highest BCUT2D eigenvalue weighted by Crippen LogP contribution is 2.45. The second kappa shape index (κ2) is 7.61. The van der Waals surface area contributed by atoms with E-state index >= 15 is 0 Å². The van der Waals surface area contributed by atoms with E-state index in [0.717, 1.165) is 22.5 Å². The predicted octanol–water partition coefficient (Wildman–Crippen LogP) is 2.14. The largest absolute Gasteiger partial charge is 0.426 e. The summed E-state index contributed by atoms with van der Waals surface area (Å²) in [7, 11) is -4.12. The number of ketones is 1. The number of Topliss-reactive ketones (excluding diaryl/α,β-unsaturated/α-hetero) is 1. The fraction of sp³-hybridized carbons (Fsp3) is 0.533. The maximum Gasteiger partial charge on any atom is 0.426 e. The molecule has 1 aromatic carbocycles. The van der Waals surface area contributed by atoms with Gasteiger partial charge in [0.1, 0.15) is 0 Å². The molecule has 13 heteroatoms. The average Bonchev–Trinajstić information content (AvgIpc) is 2.60. The highest BCUT2D eigenvalue weighted by Gasteiger charge is 2.70. The fourth-order valence-electron chi connectivity index (χ4n) is 2.46. The van der Waals surface area contributed by atoms with Crippen molar-refractivity contribution in [1.82, 2.24) is 4.31 Å². The lowest BCUT2D eigenvalue weighted by Crippen LogP contribution is -2.57. The number of hydrogen-bond acceptors (Lipinski definition) is 5. The molecule has 0 amide bonds. The van der Waals surface area contributed by atoms with Crippen LogP contribution in [0.25, 0.3) is 0 Å². The summed E-state index contributed by atoms with van der Waals surface area (Å²) in [5.41, 5.74) is -5.96. The van der Waals surface area contributed by atoms with Gasteiger partial charge in [-0.2, -0.15) is 30.6 Å². The second-order valence-electron chi connectivity index (χ2n) is 6.00. The van der Waals surface area contributed by atoms with Crippen molar-refractivity contribution in [3.63, 3.8) is 0 Å². The molecule has 1 aliphatic rings. The van der Waals surface area contributed by atoms with Crippen LogP contribution >= 0.6 is 0 Å². The smallest absolute Gasteiger partial charge is 0.379 e. The average molecular weight is 435 g/mol. The molecule has 2 rings (SSSR count). The first-order chi connectivity index (χ1) is 12.7. The molecule has 1 fully saturated rings. The molecule has 0 spiro atoms. The first kappa shape index (κ1) is 22.6. The van der Waals surface area contributed by atoms with Gasteiger partial charge >= 0.3 is 12.4 Å². The van der Waals surface area contributed by atoms with Gasteiger partial charge in [-0.3, -0.25) is 4.79 Å². The van der Waals surface area contributed by atoms with Crippen LogP contribution in [0.3, 0.4) is 0 Å². The molecule has 1 aliphatic heterocycles. The van der Waals surface area contributed by atoms with Crippen LogP contribution in [0.5, 0.6) is 0 Å². The number of aliphatic hydroxyl groups is 1. The number of rotatable bonds is 5. The lowest BCUT2D eigenvalue weighted by Gasteiger charge is -2.31. The van der Waals surface area contributed by atoms with Gasteiger partial charge in [0.25, 0.3) is 5.60 Å². The number of benzene rings is 1. The van der Waals surface area contributed by atoms with E-state index in [1.54, 1.807) is 0 Å². The highest BCUT2D eigenvalue weighted by atomic mass is 32.2. The summed E-state index contributed by atoms with van der Waals surface area (Å²) in [6.45, 7) is 0.231. The van der Waals surface area contributed by atoms with Crippen molar-refractivity contribution in [2.75, 3.05) is 26.3 Å². The number of carbonyl (C=O) groups is 1. The van der Waals surface area contributed by atoms with Gasteiger partial charge in [0.2, 0.25) is 10.0 Å². The summed E-state index contributed by atoms with van der Waals surface area (Å²) in [5, 5.41) is 9.14. The fourth-order valence-corrected chi connectivity index (χ4v) is 3.92. The zero-order valence-corrected chi connectivity index (χ0v) is 14.9. The van der Waals surface area contributed by atoms with Gasteiger partial charge in [-0.25, -0.2) is 8.42 Å². The molecule has 0 atom stereocenters. The molecule has 0 radical (unpaired) electrons. The van der Waals surface area contributed by atoms with Crippen LogP contribution in [0.2, 0.25) is 0 Å². The molecule has 0 aromatic heterocycles. The molecule has 1 N–H and O–H groups in total. The van der Waals surface area contributed by atoms with Gasteiger partial charge in [0, 0.05) is 18.7 Å². The van der Waals surface area contributed by atoms with Gasteiger partial charge < -0.3 is 9.84 Å². The van der Waals surface area contributed by atoms with Crippen LogP contribution in [-0.2, 0) is 14.8 Å². The van der Waals surface area contributed by atoms with E-state index in [1.807, 2.05) is 0 Å². The van der Waals surface area contributed by atoms with Crippen LogP contribution in [0.1, 0.15) is 16.8 Å². The first-order valence-corrected chi connectivity index (χ1v) is 9.21. The number of morpholine rings is 1. The molecule has 0 bridgehead atoms. The van der Waals surface area contributed by atoms with Crippen LogP contribution in [0, 0.1) is 0 Å². The van der Waals surface area contributed by atoms with Crippen LogP contribution < -0.4 is 0 Å². The number of halogens is 6. The van der Waals surface area contributed by atoms with Crippen LogP contribution in [-0.4, -0.2) is 67.9 Å². The lowest BCUT2D eigenvalue weighted by molar-refractivity contribution is -0.365. The quantitative estimate of drug-likeness (QED) is 0.566. The van der Waals surface area contributed by atoms with E-state index in [0.29, 0.717) is 6.07 Å². The van der Waals surface area contributed by atoms with Crippen LogP contribution in [0.4, 0.5) is 26.3 Å². The van der Waals surface area contributed by atoms with Crippen molar-refractivity contribution >= 4 is 15.8 Å². The van der Waals surface area contributed by atoms with E-state index in [-0.39, 0.29) is 26.3 Å². The molecule has 1 saturated heterocycles. The molecule has 1 heterocycles. The zero-order chi connectivity index (χ0) is 21.4. The number of alkyl halides is 6. The molecule has 158 valence electrons. The Morgan fingerprint density at radius 3 is 2.11 bits per heavy atom. The summed E-state index contributed by atoms with van der Waals surface area (Å²) in [6.07, 6.45) is -14.6. The summed E-state index contributed by atoms with van der Waals surface area (Å²) in [5.74, 6) is -1.71. The van der Waals surface area contributed by atoms with E-state index in [9.17, 15) is 39.6 Å². The van der Waals surface area contributed by atoms with Crippen molar-refractivity contribution in [2.45, 2.75) is 29.3 Å². The Hall–Kier alpha value is -1.70. The van der Waals surface area contributed by atoms with Gasteiger partial charge in [0.05, 0.1) is 24.5 Å². The maximum absolute atomic E-state index is 12.8. The summed E-state index contributed by atoms with van der Waals surface area (Å²) in [4.78, 5) is 11.6. The number of nitrogens with zero attached hydrogens (tertiary/aromatic N) is 1. The minimum Gasteiger partial charge on any atom is -0.379 e. The molecule has 28 heavy (non-hydrogen) atoms. The summed E-state index contributed by atoms with van der Waals surface area (Å²) < 4.78 is 108. The minimum atomic E-state index is -6.15. The molecule has 0 unspecified atom stereocenters. The van der Waals surface area contributed by atoms with E-state index < -0.39 is 50.6 Å². The summed E-state index contributed by atoms with van der Waals surface area (Å²) in [6, 6.07) is 3.62. The first-order valence-electron chi connectivity index (χ1n) is 7.77. The molecule has 0 aliphatic carbocycles. The van der Waals surface area contributed by atoms with Crippen molar-refractivity contribution in [2.24, 2.45) is 0 Å². The Bertz CT molecular complexity index is 816. The Morgan fingerprint density at radius 1 is 1.07 bits per heavy atom. The number of ether oxygens (including phenoxy) is 1. The SMILES string of the molecule is O=C(CC(O)(C(F)(F)F)C(F)(F)F)c1cccc(S(=O)(=O)N2CCOCC2)c1.